The number of hydrogen-bond donors (Lipinski definition) is 8. The van der Waals surface area contributed by atoms with E-state index in [0.29, 0.717) is 0 Å². The van der Waals surface area contributed by atoms with E-state index in [0.717, 1.165) is 0 Å². The van der Waals surface area contributed by atoms with Gasteiger partial charge in [-0.1, -0.05) is 13.8 Å². The van der Waals surface area contributed by atoms with Crippen LogP contribution < -0.4 is 27.4 Å². The predicted molar refractivity (Wildman–Crippen MR) is 118 cm³/mol. The van der Waals surface area contributed by atoms with Crippen LogP contribution in [-0.4, -0.2) is 81.0 Å². The van der Waals surface area contributed by atoms with Crippen molar-refractivity contribution in [3.63, 3.8) is 0 Å². The Labute approximate surface area is 201 Å². The van der Waals surface area contributed by atoms with Crippen molar-refractivity contribution in [1.82, 2.24) is 16.0 Å². The second-order valence-electron chi connectivity index (χ2n) is 8.29. The number of carboxylic acids is 3. The van der Waals surface area contributed by atoms with Gasteiger partial charge < -0.3 is 42.7 Å². The standard InChI is InChI=1S/C20H33N5O10/c1-9(2)7-13(20(34)35)25-18(32)11(4-6-15(27)28)23-19(33)12(8-16(29)30)24-17(31)10(21)3-5-14(22)26/h9-13H,3-8,21H2,1-2H3,(H2,22,26)(H,23,33)(H,24,31)(H,25,32)(H,27,28)(H,29,30)(H,34,35). The smallest absolute Gasteiger partial charge is 0.326 e. The number of nitrogens with one attached hydrogen (secondary N) is 3. The fourth-order valence-electron chi connectivity index (χ4n) is 2.87. The lowest BCUT2D eigenvalue weighted by Gasteiger charge is -2.25. The number of carbonyl (C=O) groups excluding carboxylic acids is 4. The molecule has 0 aromatic carbocycles. The van der Waals surface area contributed by atoms with Crippen molar-refractivity contribution in [2.75, 3.05) is 0 Å². The minimum absolute atomic E-state index is 0.0571. The Bertz CT molecular complexity index is 816. The quantitative estimate of drug-likeness (QED) is 0.103. The molecule has 0 heterocycles. The monoisotopic (exact) mass is 503 g/mol. The number of carbonyl (C=O) groups is 7. The number of nitrogens with two attached hydrogens (primary N) is 2. The van der Waals surface area contributed by atoms with E-state index in [1.165, 1.54) is 0 Å². The molecule has 4 amide bonds. The minimum atomic E-state index is -1.70. The first-order valence-corrected chi connectivity index (χ1v) is 10.7. The van der Waals surface area contributed by atoms with Gasteiger partial charge in [0, 0.05) is 12.8 Å². The molecule has 0 aliphatic rings. The summed E-state index contributed by atoms with van der Waals surface area (Å²) in [6, 6.07) is -5.84. The van der Waals surface area contributed by atoms with Gasteiger partial charge in [0.05, 0.1) is 12.5 Å². The van der Waals surface area contributed by atoms with Crippen LogP contribution in [-0.2, 0) is 33.6 Å². The van der Waals surface area contributed by atoms with E-state index in [2.05, 4.69) is 16.0 Å². The summed E-state index contributed by atoms with van der Waals surface area (Å²) in [7, 11) is 0. The fraction of sp³-hybridized carbons (Fsp3) is 0.650. The molecule has 0 saturated heterocycles. The molecule has 10 N–H and O–H groups in total. The highest BCUT2D eigenvalue weighted by Gasteiger charge is 2.32. The Morgan fingerprint density at radius 1 is 0.714 bits per heavy atom. The first-order chi connectivity index (χ1) is 16.1. The van der Waals surface area contributed by atoms with Crippen LogP contribution in [0.5, 0.6) is 0 Å². The number of hydrogen-bond acceptors (Lipinski definition) is 8. The summed E-state index contributed by atoms with van der Waals surface area (Å²) >= 11 is 0. The molecule has 0 aliphatic carbocycles. The average molecular weight is 504 g/mol. The first-order valence-electron chi connectivity index (χ1n) is 10.7. The van der Waals surface area contributed by atoms with E-state index in [-0.39, 0.29) is 25.2 Å². The zero-order chi connectivity index (χ0) is 27.3. The fourth-order valence-corrected chi connectivity index (χ4v) is 2.87. The van der Waals surface area contributed by atoms with E-state index >= 15 is 0 Å². The van der Waals surface area contributed by atoms with Crippen molar-refractivity contribution < 1.29 is 48.9 Å². The third kappa shape index (κ3) is 13.5. The van der Waals surface area contributed by atoms with Crippen LogP contribution in [0.15, 0.2) is 0 Å². The summed E-state index contributed by atoms with van der Waals surface area (Å²) < 4.78 is 0. The molecule has 0 saturated carbocycles. The lowest BCUT2D eigenvalue weighted by Crippen LogP contribution is -2.57. The molecule has 15 heteroatoms. The van der Waals surface area contributed by atoms with Crippen LogP contribution in [0.4, 0.5) is 0 Å². The molecule has 0 aromatic rings. The number of primary amides is 1. The molecular weight excluding hydrogens is 470 g/mol. The number of amides is 4. The van der Waals surface area contributed by atoms with Crippen molar-refractivity contribution in [3.05, 3.63) is 0 Å². The van der Waals surface area contributed by atoms with Gasteiger partial charge in [0.1, 0.15) is 18.1 Å². The Morgan fingerprint density at radius 3 is 1.69 bits per heavy atom. The Hall–Kier alpha value is -3.75. The Balaban J connectivity index is 5.57. The van der Waals surface area contributed by atoms with E-state index in [1.54, 1.807) is 13.8 Å². The van der Waals surface area contributed by atoms with Crippen LogP contribution >= 0.6 is 0 Å². The molecule has 4 atom stereocenters. The summed E-state index contributed by atoms with van der Waals surface area (Å²) in [6.07, 6.45) is -2.26. The first kappa shape index (κ1) is 31.2. The molecule has 198 valence electrons. The van der Waals surface area contributed by atoms with Gasteiger partial charge in [-0.3, -0.25) is 28.8 Å². The number of rotatable bonds is 17. The largest absolute Gasteiger partial charge is 0.481 e. The minimum Gasteiger partial charge on any atom is -0.481 e. The van der Waals surface area contributed by atoms with Crippen molar-refractivity contribution in [1.29, 1.82) is 0 Å². The molecule has 15 nitrogen and oxygen atoms in total. The second-order valence-corrected chi connectivity index (χ2v) is 8.29. The SMILES string of the molecule is CC(C)CC(NC(=O)C(CCC(=O)O)NC(=O)C(CC(=O)O)NC(=O)C(N)CCC(N)=O)C(=O)O. The molecule has 0 radical (unpaired) electrons. The Kier molecular flexibility index (Phi) is 13.6. The van der Waals surface area contributed by atoms with Gasteiger partial charge in [0.25, 0.3) is 0 Å². The molecule has 0 fully saturated rings. The lowest BCUT2D eigenvalue weighted by molar-refractivity contribution is -0.144. The molecular formula is C20H33N5O10. The average Bonchev–Trinajstić information content (AvgIpc) is 2.72. The van der Waals surface area contributed by atoms with Gasteiger partial charge in [0.2, 0.25) is 23.6 Å². The van der Waals surface area contributed by atoms with E-state index in [1.807, 2.05) is 0 Å². The second kappa shape index (κ2) is 15.2. The van der Waals surface area contributed by atoms with Crippen LogP contribution in [0, 0.1) is 5.92 Å². The van der Waals surface area contributed by atoms with Crippen LogP contribution in [0.3, 0.4) is 0 Å². The van der Waals surface area contributed by atoms with Crippen molar-refractivity contribution in [3.8, 4) is 0 Å². The van der Waals surface area contributed by atoms with Gasteiger partial charge in [-0.2, -0.15) is 0 Å². The maximum Gasteiger partial charge on any atom is 0.326 e. The third-order valence-corrected chi connectivity index (χ3v) is 4.65. The van der Waals surface area contributed by atoms with Crippen molar-refractivity contribution in [2.45, 2.75) is 76.5 Å². The summed E-state index contributed by atoms with van der Waals surface area (Å²) in [4.78, 5) is 82.1. The van der Waals surface area contributed by atoms with E-state index in [9.17, 15) is 38.7 Å². The number of aliphatic carboxylic acids is 3. The van der Waals surface area contributed by atoms with Gasteiger partial charge in [-0.25, -0.2) is 4.79 Å². The van der Waals surface area contributed by atoms with Gasteiger partial charge >= 0.3 is 17.9 Å². The third-order valence-electron chi connectivity index (χ3n) is 4.65. The highest BCUT2D eigenvalue weighted by Crippen LogP contribution is 2.08. The molecule has 0 rings (SSSR count). The normalized spacial score (nSPS) is 14.2. The van der Waals surface area contributed by atoms with E-state index in [4.69, 9.17) is 21.7 Å². The van der Waals surface area contributed by atoms with Crippen molar-refractivity contribution >= 4 is 41.5 Å². The summed E-state index contributed by atoms with van der Waals surface area (Å²) in [5.41, 5.74) is 10.6. The van der Waals surface area contributed by atoms with Gasteiger partial charge in [-0.15, -0.1) is 0 Å². The van der Waals surface area contributed by atoms with E-state index < -0.39 is 85.0 Å². The highest BCUT2D eigenvalue weighted by atomic mass is 16.4. The molecule has 4 unspecified atom stereocenters. The maximum atomic E-state index is 12.7. The van der Waals surface area contributed by atoms with Crippen LogP contribution in [0.25, 0.3) is 0 Å². The van der Waals surface area contributed by atoms with Gasteiger partial charge in [-0.05, 0) is 25.2 Å². The Morgan fingerprint density at radius 2 is 1.23 bits per heavy atom. The zero-order valence-electron chi connectivity index (χ0n) is 19.5. The van der Waals surface area contributed by atoms with Crippen LogP contribution in [0.2, 0.25) is 0 Å². The highest BCUT2D eigenvalue weighted by molar-refractivity contribution is 5.95. The molecule has 0 aromatic heterocycles. The molecule has 0 spiro atoms. The predicted octanol–water partition coefficient (Wildman–Crippen LogP) is -2.50. The topological polar surface area (TPSA) is 268 Å². The lowest BCUT2D eigenvalue weighted by atomic mass is 10.0. The molecule has 0 aliphatic heterocycles. The van der Waals surface area contributed by atoms with Crippen molar-refractivity contribution in [2.24, 2.45) is 17.4 Å². The summed E-state index contributed by atoms with van der Waals surface area (Å²) in [6.45, 7) is 3.44. The summed E-state index contributed by atoms with van der Waals surface area (Å²) in [5.74, 6) is -8.04. The number of carboxylic acid groups (broad SMARTS) is 3. The van der Waals surface area contributed by atoms with Gasteiger partial charge in [0.15, 0.2) is 0 Å². The maximum absolute atomic E-state index is 12.7. The zero-order valence-corrected chi connectivity index (χ0v) is 19.5. The van der Waals surface area contributed by atoms with Crippen LogP contribution in [0.1, 0.15) is 52.4 Å². The summed E-state index contributed by atoms with van der Waals surface area (Å²) in [5, 5.41) is 33.9. The molecule has 0 bridgehead atoms. The molecule has 35 heavy (non-hydrogen) atoms.